The lowest BCUT2D eigenvalue weighted by atomic mass is 10.2. The maximum absolute atomic E-state index is 5.96. The minimum Gasteiger partial charge on any atom is -0.378 e. The lowest BCUT2D eigenvalue weighted by Gasteiger charge is -2.27. The van der Waals surface area contributed by atoms with Gasteiger partial charge in [-0.1, -0.05) is 5.16 Å². The van der Waals surface area contributed by atoms with Crippen LogP contribution in [0, 0.1) is 0 Å². The summed E-state index contributed by atoms with van der Waals surface area (Å²) in [5.41, 5.74) is 6.50. The van der Waals surface area contributed by atoms with Crippen LogP contribution in [-0.4, -0.2) is 47.9 Å². The van der Waals surface area contributed by atoms with Gasteiger partial charge in [-0.25, -0.2) is 4.99 Å². The standard InChI is InChI=1S/C14H24N4O3.HI/c1-14(2,3)20-10-12-8-11(17-21-12)9-16-13(15)18-4-6-19-7-5-18;/h8H,4-7,9-10H2,1-3H3,(H2,15,16);1H. The molecule has 0 aromatic carbocycles. The molecule has 7 nitrogen and oxygen atoms in total. The summed E-state index contributed by atoms with van der Waals surface area (Å²) >= 11 is 0. The van der Waals surface area contributed by atoms with E-state index >= 15 is 0 Å². The maximum atomic E-state index is 5.96. The zero-order valence-electron chi connectivity index (χ0n) is 13.4. The Kier molecular flexibility index (Phi) is 7.57. The molecular weight excluding hydrogens is 399 g/mol. The highest BCUT2D eigenvalue weighted by Crippen LogP contribution is 2.13. The van der Waals surface area contributed by atoms with Crippen LogP contribution in [0.4, 0.5) is 0 Å². The van der Waals surface area contributed by atoms with Gasteiger partial charge < -0.3 is 24.6 Å². The number of nitrogens with two attached hydrogens (primary N) is 1. The second-order valence-electron chi connectivity index (χ2n) is 5.96. The highest BCUT2D eigenvalue weighted by atomic mass is 127. The van der Waals surface area contributed by atoms with E-state index in [2.05, 4.69) is 10.1 Å². The molecule has 126 valence electrons. The number of rotatable bonds is 4. The third-order valence-corrected chi connectivity index (χ3v) is 2.99. The van der Waals surface area contributed by atoms with Gasteiger partial charge in [-0.2, -0.15) is 0 Å². The Balaban J connectivity index is 0.00000242. The van der Waals surface area contributed by atoms with Gasteiger partial charge in [0.25, 0.3) is 0 Å². The van der Waals surface area contributed by atoms with Gasteiger partial charge >= 0.3 is 0 Å². The molecule has 1 aliphatic rings. The number of hydrogen-bond donors (Lipinski definition) is 1. The molecule has 1 aromatic rings. The van der Waals surface area contributed by atoms with Crippen LogP contribution in [0.15, 0.2) is 15.6 Å². The van der Waals surface area contributed by atoms with E-state index in [0.29, 0.717) is 38.1 Å². The van der Waals surface area contributed by atoms with E-state index in [1.165, 1.54) is 0 Å². The second kappa shape index (κ2) is 8.68. The first-order valence-corrected chi connectivity index (χ1v) is 7.15. The molecule has 1 aliphatic heterocycles. The molecule has 0 saturated carbocycles. The van der Waals surface area contributed by atoms with Gasteiger partial charge in [0.1, 0.15) is 12.3 Å². The average molecular weight is 424 g/mol. The fourth-order valence-electron chi connectivity index (χ4n) is 1.84. The number of guanidine groups is 1. The summed E-state index contributed by atoms with van der Waals surface area (Å²) in [5, 5.41) is 3.97. The molecule has 0 aliphatic carbocycles. The Labute approximate surface area is 148 Å². The van der Waals surface area contributed by atoms with Crippen molar-refractivity contribution < 1.29 is 14.0 Å². The number of morpholine rings is 1. The average Bonchev–Trinajstić information content (AvgIpc) is 2.91. The molecule has 0 spiro atoms. The van der Waals surface area contributed by atoms with Crippen molar-refractivity contribution in [3.8, 4) is 0 Å². The highest BCUT2D eigenvalue weighted by molar-refractivity contribution is 14.0. The molecule has 0 bridgehead atoms. The van der Waals surface area contributed by atoms with Crippen LogP contribution in [0.2, 0.25) is 0 Å². The fraction of sp³-hybridized carbons (Fsp3) is 0.714. The molecule has 1 aromatic heterocycles. The van der Waals surface area contributed by atoms with Crippen molar-refractivity contribution >= 4 is 29.9 Å². The molecule has 1 fully saturated rings. The smallest absolute Gasteiger partial charge is 0.191 e. The summed E-state index contributed by atoms with van der Waals surface area (Å²) in [6.45, 7) is 9.73. The van der Waals surface area contributed by atoms with Crippen LogP contribution < -0.4 is 5.73 Å². The van der Waals surface area contributed by atoms with Gasteiger partial charge in [0.15, 0.2) is 11.7 Å². The number of halogens is 1. The summed E-state index contributed by atoms with van der Waals surface area (Å²) in [6, 6.07) is 1.85. The normalized spacial score (nSPS) is 16.5. The predicted molar refractivity (Wildman–Crippen MR) is 94.2 cm³/mol. The Morgan fingerprint density at radius 1 is 1.41 bits per heavy atom. The Morgan fingerprint density at radius 2 is 2.09 bits per heavy atom. The molecule has 0 unspecified atom stereocenters. The molecule has 0 amide bonds. The third kappa shape index (κ3) is 6.49. The van der Waals surface area contributed by atoms with Crippen molar-refractivity contribution in [3.63, 3.8) is 0 Å². The van der Waals surface area contributed by atoms with E-state index in [0.717, 1.165) is 18.8 Å². The van der Waals surface area contributed by atoms with Crippen molar-refractivity contribution in [2.45, 2.75) is 39.5 Å². The van der Waals surface area contributed by atoms with Crippen molar-refractivity contribution in [1.29, 1.82) is 0 Å². The number of hydrogen-bond acceptors (Lipinski definition) is 5. The lowest BCUT2D eigenvalue weighted by Crippen LogP contribution is -2.44. The molecule has 0 radical (unpaired) electrons. The molecule has 0 atom stereocenters. The van der Waals surface area contributed by atoms with Crippen LogP contribution in [0.25, 0.3) is 0 Å². The number of ether oxygens (including phenoxy) is 2. The topological polar surface area (TPSA) is 86.1 Å². The van der Waals surface area contributed by atoms with Crippen molar-refractivity contribution in [1.82, 2.24) is 10.1 Å². The largest absolute Gasteiger partial charge is 0.378 e. The van der Waals surface area contributed by atoms with E-state index in [-0.39, 0.29) is 29.6 Å². The summed E-state index contributed by atoms with van der Waals surface area (Å²) in [7, 11) is 0. The molecular formula is C14H25IN4O3. The first-order valence-electron chi connectivity index (χ1n) is 7.15. The zero-order valence-corrected chi connectivity index (χ0v) is 15.7. The van der Waals surface area contributed by atoms with Crippen molar-refractivity contribution in [2.24, 2.45) is 10.7 Å². The number of aliphatic imine (C=N–C) groups is 1. The molecule has 8 heteroatoms. The van der Waals surface area contributed by atoms with Crippen LogP contribution in [-0.2, 0) is 22.6 Å². The van der Waals surface area contributed by atoms with E-state index in [4.69, 9.17) is 19.7 Å². The van der Waals surface area contributed by atoms with Crippen LogP contribution in [0.1, 0.15) is 32.2 Å². The first kappa shape index (κ1) is 19.2. The monoisotopic (exact) mass is 424 g/mol. The van der Waals surface area contributed by atoms with E-state index in [9.17, 15) is 0 Å². The van der Waals surface area contributed by atoms with Gasteiger partial charge in [0.2, 0.25) is 0 Å². The zero-order chi connectivity index (χ0) is 15.3. The number of nitrogens with zero attached hydrogens (tertiary/aromatic N) is 3. The molecule has 1 saturated heterocycles. The first-order chi connectivity index (χ1) is 9.94. The summed E-state index contributed by atoms with van der Waals surface area (Å²) in [5.74, 6) is 1.22. The second-order valence-corrected chi connectivity index (χ2v) is 5.96. The SMILES string of the molecule is CC(C)(C)OCc1cc(CN=C(N)N2CCOCC2)no1.I. The van der Waals surface area contributed by atoms with Crippen molar-refractivity contribution in [2.75, 3.05) is 26.3 Å². The molecule has 22 heavy (non-hydrogen) atoms. The Hall–Kier alpha value is -0.870. The van der Waals surface area contributed by atoms with Gasteiger partial charge in [-0.3, -0.25) is 0 Å². The highest BCUT2D eigenvalue weighted by Gasteiger charge is 2.14. The van der Waals surface area contributed by atoms with Crippen LogP contribution in [0.5, 0.6) is 0 Å². The third-order valence-electron chi connectivity index (χ3n) is 2.99. The summed E-state index contributed by atoms with van der Waals surface area (Å²) < 4.78 is 16.1. The Bertz CT molecular complexity index is 479. The Morgan fingerprint density at radius 3 is 2.73 bits per heavy atom. The van der Waals surface area contributed by atoms with Gasteiger partial charge in [0.05, 0.1) is 25.4 Å². The van der Waals surface area contributed by atoms with Gasteiger partial charge in [-0.15, -0.1) is 24.0 Å². The number of aromatic nitrogens is 1. The quantitative estimate of drug-likeness (QED) is 0.451. The van der Waals surface area contributed by atoms with Gasteiger partial charge in [-0.05, 0) is 20.8 Å². The summed E-state index contributed by atoms with van der Waals surface area (Å²) in [6.07, 6.45) is 0. The maximum Gasteiger partial charge on any atom is 0.191 e. The van der Waals surface area contributed by atoms with E-state index < -0.39 is 0 Å². The fourth-order valence-corrected chi connectivity index (χ4v) is 1.84. The lowest BCUT2D eigenvalue weighted by molar-refractivity contribution is -0.0241. The minimum absolute atomic E-state index is 0. The van der Waals surface area contributed by atoms with Gasteiger partial charge in [0, 0.05) is 19.2 Å². The molecule has 2 heterocycles. The minimum atomic E-state index is -0.203. The van der Waals surface area contributed by atoms with E-state index in [1.807, 2.05) is 31.7 Å². The van der Waals surface area contributed by atoms with E-state index in [1.54, 1.807) is 0 Å². The van der Waals surface area contributed by atoms with Crippen LogP contribution in [0.3, 0.4) is 0 Å². The summed E-state index contributed by atoms with van der Waals surface area (Å²) in [4.78, 5) is 6.35. The molecule has 2 N–H and O–H groups in total. The van der Waals surface area contributed by atoms with Crippen molar-refractivity contribution in [3.05, 3.63) is 17.5 Å². The van der Waals surface area contributed by atoms with Crippen LogP contribution >= 0.6 is 24.0 Å². The molecule has 2 rings (SSSR count). The predicted octanol–water partition coefficient (Wildman–Crippen LogP) is 1.75.